The predicted octanol–water partition coefficient (Wildman–Crippen LogP) is 5.94. The standard InChI is InChI=1S/C25H30N2O2/c1-7-12-27-23-11-8-19(14-21(23)18(3)15-25(27,4)5)16-26-22-10-9-20(13-17(22)2)24(28)29-6/h8-11,13-16H,7,12H2,1-6H3. The zero-order chi connectivity index (χ0) is 21.2. The first-order valence-corrected chi connectivity index (χ1v) is 10.1. The van der Waals surface area contributed by atoms with Crippen LogP contribution in [0, 0.1) is 6.92 Å². The lowest BCUT2D eigenvalue weighted by atomic mass is 9.88. The molecule has 0 bridgehead atoms. The molecule has 0 N–H and O–H groups in total. The summed E-state index contributed by atoms with van der Waals surface area (Å²) in [7, 11) is 1.39. The number of ether oxygens (including phenoxy) is 1. The van der Waals surface area contributed by atoms with E-state index in [1.54, 1.807) is 6.07 Å². The Morgan fingerprint density at radius 3 is 2.59 bits per heavy atom. The quantitative estimate of drug-likeness (QED) is 0.468. The molecule has 1 aliphatic rings. The van der Waals surface area contributed by atoms with Gasteiger partial charge >= 0.3 is 5.97 Å². The maximum atomic E-state index is 11.7. The molecule has 4 nitrogen and oxygen atoms in total. The van der Waals surface area contributed by atoms with Crippen LogP contribution in [0.2, 0.25) is 0 Å². The number of aryl methyl sites for hydroxylation is 1. The van der Waals surface area contributed by atoms with Crippen molar-refractivity contribution in [1.29, 1.82) is 0 Å². The predicted molar refractivity (Wildman–Crippen MR) is 122 cm³/mol. The van der Waals surface area contributed by atoms with Crippen LogP contribution in [0.5, 0.6) is 0 Å². The van der Waals surface area contributed by atoms with E-state index < -0.39 is 0 Å². The van der Waals surface area contributed by atoms with Crippen molar-refractivity contribution >= 4 is 29.1 Å². The van der Waals surface area contributed by atoms with Gasteiger partial charge in [-0.25, -0.2) is 4.79 Å². The molecule has 0 fully saturated rings. The van der Waals surface area contributed by atoms with Gasteiger partial charge in [0.2, 0.25) is 0 Å². The van der Waals surface area contributed by atoms with Crippen LogP contribution in [0.3, 0.4) is 0 Å². The summed E-state index contributed by atoms with van der Waals surface area (Å²) >= 11 is 0. The first-order chi connectivity index (χ1) is 13.8. The number of anilines is 1. The molecular weight excluding hydrogens is 360 g/mol. The Hall–Kier alpha value is -2.88. The van der Waals surface area contributed by atoms with E-state index in [1.807, 2.05) is 25.3 Å². The second-order valence-corrected chi connectivity index (χ2v) is 8.16. The summed E-state index contributed by atoms with van der Waals surface area (Å²) in [4.78, 5) is 18.8. The molecule has 0 aliphatic carbocycles. The summed E-state index contributed by atoms with van der Waals surface area (Å²) in [5, 5.41) is 0. The molecule has 0 spiro atoms. The van der Waals surface area contributed by atoms with Crippen molar-refractivity contribution in [3.8, 4) is 0 Å². The van der Waals surface area contributed by atoms with E-state index in [9.17, 15) is 4.79 Å². The van der Waals surface area contributed by atoms with Gasteiger partial charge in [0.05, 0.1) is 23.9 Å². The number of nitrogens with zero attached hydrogens (tertiary/aromatic N) is 2. The van der Waals surface area contributed by atoms with E-state index in [0.29, 0.717) is 5.56 Å². The van der Waals surface area contributed by atoms with Crippen LogP contribution in [0.1, 0.15) is 61.2 Å². The van der Waals surface area contributed by atoms with E-state index in [1.165, 1.54) is 23.9 Å². The molecule has 2 aromatic rings. The molecular formula is C25H30N2O2. The average Bonchev–Trinajstić information content (AvgIpc) is 2.69. The average molecular weight is 391 g/mol. The topological polar surface area (TPSA) is 41.9 Å². The van der Waals surface area contributed by atoms with Crippen molar-refractivity contribution in [2.45, 2.75) is 46.6 Å². The minimum absolute atomic E-state index is 0.0151. The van der Waals surface area contributed by atoms with E-state index in [0.717, 1.165) is 29.8 Å². The SMILES string of the molecule is CCCN1c2ccc(C=Nc3ccc(C(=O)OC)cc3C)cc2C(C)=CC1(C)C. The van der Waals surface area contributed by atoms with Gasteiger partial charge in [-0.3, -0.25) is 4.99 Å². The van der Waals surface area contributed by atoms with Gasteiger partial charge in [0.1, 0.15) is 0 Å². The summed E-state index contributed by atoms with van der Waals surface area (Å²) < 4.78 is 4.78. The molecule has 3 rings (SSSR count). The number of aliphatic imine (C=N–C) groups is 1. The number of hydrogen-bond donors (Lipinski definition) is 0. The van der Waals surface area contributed by atoms with Crippen molar-refractivity contribution < 1.29 is 9.53 Å². The van der Waals surface area contributed by atoms with Crippen molar-refractivity contribution in [3.05, 3.63) is 64.7 Å². The van der Waals surface area contributed by atoms with Gasteiger partial charge in [-0.15, -0.1) is 0 Å². The van der Waals surface area contributed by atoms with Crippen molar-refractivity contribution in [1.82, 2.24) is 0 Å². The van der Waals surface area contributed by atoms with Crippen LogP contribution in [-0.2, 0) is 4.74 Å². The number of benzene rings is 2. The van der Waals surface area contributed by atoms with E-state index in [2.05, 4.69) is 61.9 Å². The van der Waals surface area contributed by atoms with Crippen LogP contribution >= 0.6 is 0 Å². The van der Waals surface area contributed by atoms with Crippen LogP contribution in [-0.4, -0.2) is 31.4 Å². The fraction of sp³-hybridized carbons (Fsp3) is 0.360. The summed E-state index contributed by atoms with van der Waals surface area (Å²) in [5.41, 5.74) is 7.24. The molecule has 2 aromatic carbocycles. The number of carbonyl (C=O) groups is 1. The number of esters is 1. The summed E-state index contributed by atoms with van der Waals surface area (Å²) in [5.74, 6) is -0.333. The Bertz CT molecular complexity index is 986. The van der Waals surface area contributed by atoms with Crippen molar-refractivity contribution in [2.24, 2.45) is 4.99 Å². The Labute approximate surface area is 173 Å². The van der Waals surface area contributed by atoms with Gasteiger partial charge in [0.15, 0.2) is 0 Å². The number of allylic oxidation sites excluding steroid dienone is 1. The smallest absolute Gasteiger partial charge is 0.337 e. The highest BCUT2D eigenvalue weighted by atomic mass is 16.5. The second-order valence-electron chi connectivity index (χ2n) is 8.16. The maximum absolute atomic E-state index is 11.7. The molecule has 0 atom stereocenters. The first kappa shape index (κ1) is 20.8. The number of carbonyl (C=O) groups excluding carboxylic acids is 1. The van der Waals surface area contributed by atoms with Crippen LogP contribution in [0.25, 0.3) is 5.57 Å². The van der Waals surface area contributed by atoms with Gasteiger partial charge in [0, 0.05) is 24.0 Å². The highest BCUT2D eigenvalue weighted by Crippen LogP contribution is 2.39. The van der Waals surface area contributed by atoms with Gasteiger partial charge in [-0.05, 0) is 81.1 Å². The van der Waals surface area contributed by atoms with Crippen molar-refractivity contribution in [2.75, 3.05) is 18.6 Å². The third-order valence-corrected chi connectivity index (χ3v) is 5.42. The number of fused-ring (bicyclic) bond motifs is 1. The molecule has 152 valence electrons. The lowest BCUT2D eigenvalue weighted by Gasteiger charge is -2.43. The van der Waals surface area contributed by atoms with Gasteiger partial charge in [-0.2, -0.15) is 0 Å². The summed E-state index contributed by atoms with van der Waals surface area (Å²) in [6.45, 7) is 11.9. The zero-order valence-corrected chi connectivity index (χ0v) is 18.2. The number of hydrogen-bond acceptors (Lipinski definition) is 4. The number of rotatable bonds is 5. The molecule has 0 saturated carbocycles. The van der Waals surface area contributed by atoms with E-state index >= 15 is 0 Å². The number of methoxy groups -OCH3 is 1. The monoisotopic (exact) mass is 390 g/mol. The van der Waals surface area contributed by atoms with Crippen LogP contribution < -0.4 is 4.90 Å². The Morgan fingerprint density at radius 2 is 1.93 bits per heavy atom. The zero-order valence-electron chi connectivity index (χ0n) is 18.2. The van der Waals surface area contributed by atoms with E-state index in [4.69, 9.17) is 4.74 Å². The fourth-order valence-electron chi connectivity index (χ4n) is 4.00. The van der Waals surface area contributed by atoms with Crippen LogP contribution in [0.15, 0.2) is 47.5 Å². The molecule has 1 heterocycles. The van der Waals surface area contributed by atoms with Gasteiger partial charge in [0.25, 0.3) is 0 Å². The third-order valence-electron chi connectivity index (χ3n) is 5.42. The molecule has 0 aromatic heterocycles. The molecule has 4 heteroatoms. The maximum Gasteiger partial charge on any atom is 0.337 e. The van der Waals surface area contributed by atoms with E-state index in [-0.39, 0.29) is 11.5 Å². The van der Waals surface area contributed by atoms with Gasteiger partial charge in [-0.1, -0.05) is 19.1 Å². The van der Waals surface area contributed by atoms with Gasteiger partial charge < -0.3 is 9.64 Å². The Balaban J connectivity index is 1.91. The lowest BCUT2D eigenvalue weighted by Crippen LogP contribution is -2.45. The Kier molecular flexibility index (Phi) is 5.92. The molecule has 0 amide bonds. The normalized spacial score (nSPS) is 15.2. The van der Waals surface area contributed by atoms with Crippen LogP contribution in [0.4, 0.5) is 11.4 Å². The fourth-order valence-corrected chi connectivity index (χ4v) is 4.00. The molecule has 1 aliphatic heterocycles. The summed E-state index contributed by atoms with van der Waals surface area (Å²) in [6.07, 6.45) is 5.35. The highest BCUT2D eigenvalue weighted by molar-refractivity contribution is 5.91. The molecule has 0 radical (unpaired) electrons. The lowest BCUT2D eigenvalue weighted by molar-refractivity contribution is 0.0600. The minimum atomic E-state index is -0.333. The second kappa shape index (κ2) is 8.24. The summed E-state index contributed by atoms with van der Waals surface area (Å²) in [6, 6.07) is 11.9. The first-order valence-electron chi connectivity index (χ1n) is 10.1. The Morgan fingerprint density at radius 1 is 1.17 bits per heavy atom. The molecule has 0 unspecified atom stereocenters. The minimum Gasteiger partial charge on any atom is -0.465 e. The largest absolute Gasteiger partial charge is 0.465 e. The molecule has 0 saturated heterocycles. The highest BCUT2D eigenvalue weighted by Gasteiger charge is 2.30. The third kappa shape index (κ3) is 4.26. The molecule has 29 heavy (non-hydrogen) atoms. The van der Waals surface area contributed by atoms with Crippen molar-refractivity contribution in [3.63, 3.8) is 0 Å².